The normalized spacial score (nSPS) is 18.9. The molecule has 2 aliphatic heterocycles. The second-order valence-electron chi connectivity index (χ2n) is 5.93. The van der Waals surface area contributed by atoms with Crippen molar-refractivity contribution in [1.29, 1.82) is 0 Å². The van der Waals surface area contributed by atoms with Crippen molar-refractivity contribution in [2.24, 2.45) is 0 Å². The van der Waals surface area contributed by atoms with Crippen LogP contribution in [-0.2, 0) is 11.3 Å². The largest absolute Gasteiger partial charge is 0.454 e. The van der Waals surface area contributed by atoms with Gasteiger partial charge in [-0.1, -0.05) is 18.2 Å². The second-order valence-corrected chi connectivity index (χ2v) is 5.93. The van der Waals surface area contributed by atoms with E-state index in [4.69, 9.17) is 9.47 Å². The minimum Gasteiger partial charge on any atom is -0.454 e. The van der Waals surface area contributed by atoms with Gasteiger partial charge in [0, 0.05) is 18.7 Å². The molecule has 1 N–H and O–H groups in total. The number of amides is 1. The number of nitrogens with zero attached hydrogens (tertiary/aromatic N) is 1. The van der Waals surface area contributed by atoms with Crippen LogP contribution in [0.2, 0.25) is 0 Å². The minimum atomic E-state index is -0.736. The number of hydrogen-bond acceptors (Lipinski definition) is 4. The summed E-state index contributed by atoms with van der Waals surface area (Å²) >= 11 is 0. The summed E-state index contributed by atoms with van der Waals surface area (Å²) in [4.78, 5) is 13.7. The molecule has 0 spiro atoms. The number of rotatable bonds is 4. The number of ether oxygens (including phenoxy) is 2. The van der Waals surface area contributed by atoms with Crippen LogP contribution in [0.15, 0.2) is 36.4 Å². The van der Waals surface area contributed by atoms with Crippen LogP contribution in [0, 0.1) is 11.6 Å². The number of halogens is 2. The maximum atomic E-state index is 13.9. The lowest BCUT2D eigenvalue weighted by Crippen LogP contribution is -2.38. The van der Waals surface area contributed by atoms with Crippen molar-refractivity contribution in [3.8, 4) is 11.5 Å². The second kappa shape index (κ2) is 6.33. The molecular weight excluding hydrogens is 330 g/mol. The lowest BCUT2D eigenvalue weighted by molar-refractivity contribution is -0.118. The molecule has 2 aromatic rings. The fraction of sp³-hybridized carbons (Fsp3) is 0.278. The molecule has 1 atom stereocenters. The van der Waals surface area contributed by atoms with Gasteiger partial charge in [0.1, 0.15) is 17.3 Å². The Labute approximate surface area is 143 Å². The molecule has 1 unspecified atom stereocenters. The molecule has 2 heterocycles. The standard InChI is InChI=1S/C18H16F2N2O3/c19-12-4-2-5-13(20)16(12)22-8-7-14(18(22)23)21-9-11-3-1-6-15-17(11)25-10-24-15/h1-6,14,21H,7-10H2. The molecule has 130 valence electrons. The molecule has 1 saturated heterocycles. The van der Waals surface area contributed by atoms with Gasteiger partial charge in [-0.3, -0.25) is 4.79 Å². The fourth-order valence-electron chi connectivity index (χ4n) is 3.20. The summed E-state index contributed by atoms with van der Waals surface area (Å²) in [5.74, 6) is -0.473. The van der Waals surface area contributed by atoms with Gasteiger partial charge in [0.05, 0.1) is 6.04 Å². The van der Waals surface area contributed by atoms with E-state index < -0.39 is 17.7 Å². The number of para-hydroxylation sites is 2. The fourth-order valence-corrected chi connectivity index (χ4v) is 3.20. The Hall–Kier alpha value is -2.67. The number of hydrogen-bond donors (Lipinski definition) is 1. The van der Waals surface area contributed by atoms with Crippen molar-refractivity contribution >= 4 is 11.6 Å². The van der Waals surface area contributed by atoms with Crippen LogP contribution < -0.4 is 19.7 Å². The number of fused-ring (bicyclic) bond motifs is 1. The third-order valence-electron chi connectivity index (χ3n) is 4.43. The minimum absolute atomic E-state index is 0.176. The number of benzene rings is 2. The molecule has 0 saturated carbocycles. The molecular formula is C18H16F2N2O3. The van der Waals surface area contributed by atoms with Crippen LogP contribution in [0.25, 0.3) is 0 Å². The summed E-state index contributed by atoms with van der Waals surface area (Å²) < 4.78 is 38.6. The van der Waals surface area contributed by atoms with Crippen LogP contribution in [0.1, 0.15) is 12.0 Å². The van der Waals surface area contributed by atoms with Gasteiger partial charge in [0.15, 0.2) is 11.5 Å². The predicted molar refractivity (Wildman–Crippen MR) is 86.5 cm³/mol. The van der Waals surface area contributed by atoms with E-state index in [-0.39, 0.29) is 24.9 Å². The molecule has 0 aliphatic carbocycles. The smallest absolute Gasteiger partial charge is 0.244 e. The van der Waals surface area contributed by atoms with E-state index in [1.54, 1.807) is 0 Å². The van der Waals surface area contributed by atoms with Crippen molar-refractivity contribution in [1.82, 2.24) is 5.32 Å². The van der Waals surface area contributed by atoms with E-state index in [2.05, 4.69) is 5.32 Å². The maximum absolute atomic E-state index is 13.9. The average molecular weight is 346 g/mol. The maximum Gasteiger partial charge on any atom is 0.244 e. The number of nitrogens with one attached hydrogen (secondary N) is 1. The van der Waals surface area contributed by atoms with E-state index in [0.29, 0.717) is 24.5 Å². The van der Waals surface area contributed by atoms with Crippen molar-refractivity contribution < 1.29 is 23.0 Å². The SMILES string of the molecule is O=C1C(NCc2cccc3c2OCO3)CCN1c1c(F)cccc1F. The molecule has 2 aliphatic rings. The number of anilines is 1. The van der Waals surface area contributed by atoms with Crippen molar-refractivity contribution in [2.45, 2.75) is 19.0 Å². The summed E-state index contributed by atoms with van der Waals surface area (Å²) in [6, 6.07) is 8.62. The molecule has 7 heteroatoms. The van der Waals surface area contributed by atoms with Gasteiger partial charge in [-0.25, -0.2) is 8.78 Å². The van der Waals surface area contributed by atoms with Gasteiger partial charge < -0.3 is 19.7 Å². The molecule has 25 heavy (non-hydrogen) atoms. The average Bonchev–Trinajstić information content (AvgIpc) is 3.21. The van der Waals surface area contributed by atoms with Crippen molar-refractivity contribution in [3.05, 3.63) is 53.6 Å². The highest BCUT2D eigenvalue weighted by Crippen LogP contribution is 2.35. The van der Waals surface area contributed by atoms with Gasteiger partial charge >= 0.3 is 0 Å². The van der Waals surface area contributed by atoms with E-state index in [9.17, 15) is 13.6 Å². The molecule has 0 aromatic heterocycles. The Bertz CT molecular complexity index is 808. The number of carbonyl (C=O) groups is 1. The predicted octanol–water partition coefficient (Wildman–Crippen LogP) is 2.59. The first-order chi connectivity index (χ1) is 12.1. The topological polar surface area (TPSA) is 50.8 Å². The molecule has 5 nitrogen and oxygen atoms in total. The summed E-state index contributed by atoms with van der Waals surface area (Å²) in [5, 5.41) is 3.14. The monoisotopic (exact) mass is 346 g/mol. The summed E-state index contributed by atoms with van der Waals surface area (Å²) in [7, 11) is 0. The van der Waals surface area contributed by atoms with Crippen molar-refractivity contribution in [3.63, 3.8) is 0 Å². The Morgan fingerprint density at radius 3 is 2.68 bits per heavy atom. The Kier molecular flexibility index (Phi) is 4.01. The van der Waals surface area contributed by atoms with Gasteiger partial charge in [-0.15, -0.1) is 0 Å². The lowest BCUT2D eigenvalue weighted by atomic mass is 10.1. The van der Waals surface area contributed by atoms with E-state index >= 15 is 0 Å². The van der Waals surface area contributed by atoms with Crippen molar-refractivity contribution in [2.75, 3.05) is 18.2 Å². The highest BCUT2D eigenvalue weighted by atomic mass is 19.1. The van der Waals surface area contributed by atoms with Crippen LogP contribution in [0.3, 0.4) is 0 Å². The Morgan fingerprint density at radius 2 is 1.88 bits per heavy atom. The van der Waals surface area contributed by atoms with Crippen LogP contribution in [-0.4, -0.2) is 25.3 Å². The molecule has 0 radical (unpaired) electrons. The summed E-state index contributed by atoms with van der Waals surface area (Å²) in [6.45, 7) is 0.840. The quantitative estimate of drug-likeness (QED) is 0.925. The lowest BCUT2D eigenvalue weighted by Gasteiger charge is -2.18. The summed E-state index contributed by atoms with van der Waals surface area (Å²) in [6.07, 6.45) is 0.471. The van der Waals surface area contributed by atoms with Crippen LogP contribution in [0.4, 0.5) is 14.5 Å². The zero-order valence-corrected chi connectivity index (χ0v) is 13.3. The Balaban J connectivity index is 1.47. The Morgan fingerprint density at radius 1 is 1.12 bits per heavy atom. The molecule has 1 amide bonds. The molecule has 0 bridgehead atoms. The third kappa shape index (κ3) is 2.80. The van der Waals surface area contributed by atoms with Crippen LogP contribution >= 0.6 is 0 Å². The van der Waals surface area contributed by atoms with Crippen LogP contribution in [0.5, 0.6) is 11.5 Å². The first-order valence-electron chi connectivity index (χ1n) is 8.01. The van der Waals surface area contributed by atoms with Gasteiger partial charge in [0.25, 0.3) is 0 Å². The zero-order valence-electron chi connectivity index (χ0n) is 13.3. The van der Waals surface area contributed by atoms with E-state index in [0.717, 1.165) is 22.6 Å². The van der Waals surface area contributed by atoms with E-state index in [1.807, 2.05) is 18.2 Å². The molecule has 4 rings (SSSR count). The number of carbonyl (C=O) groups excluding carboxylic acids is 1. The zero-order chi connectivity index (χ0) is 17.4. The first kappa shape index (κ1) is 15.8. The van der Waals surface area contributed by atoms with Gasteiger partial charge in [-0.05, 0) is 24.6 Å². The van der Waals surface area contributed by atoms with Gasteiger partial charge in [0.2, 0.25) is 12.7 Å². The summed E-state index contributed by atoms with van der Waals surface area (Å²) in [5.41, 5.74) is 0.590. The first-order valence-corrected chi connectivity index (χ1v) is 8.01. The molecule has 2 aromatic carbocycles. The third-order valence-corrected chi connectivity index (χ3v) is 4.43. The van der Waals surface area contributed by atoms with Gasteiger partial charge in [-0.2, -0.15) is 0 Å². The highest BCUT2D eigenvalue weighted by molar-refractivity contribution is 5.99. The molecule has 1 fully saturated rings. The highest BCUT2D eigenvalue weighted by Gasteiger charge is 2.35. The van der Waals surface area contributed by atoms with E-state index in [1.165, 1.54) is 6.07 Å².